The van der Waals surface area contributed by atoms with E-state index in [1.54, 1.807) is 0 Å². The van der Waals surface area contributed by atoms with Gasteiger partial charge < -0.3 is 10.0 Å². The number of aliphatic carboxylic acids is 1. The number of nitrogens with zero attached hydrogens (tertiary/aromatic N) is 2. The molecule has 0 bridgehead atoms. The number of aromatic nitrogens is 1. The van der Waals surface area contributed by atoms with Crippen molar-refractivity contribution in [1.82, 2.24) is 4.98 Å². The van der Waals surface area contributed by atoms with Gasteiger partial charge in [-0.15, -0.1) is 0 Å². The first kappa shape index (κ1) is 10.5. The predicted molar refractivity (Wildman–Crippen MR) is 52.3 cm³/mol. The monoisotopic (exact) mass is 224 g/mol. The van der Waals surface area contributed by atoms with Crippen LogP contribution in [0, 0.1) is 11.9 Å². The zero-order chi connectivity index (χ0) is 11.7. The molecule has 1 aliphatic rings. The molecule has 1 aromatic rings. The van der Waals surface area contributed by atoms with E-state index in [2.05, 4.69) is 4.98 Å². The predicted octanol–water partition coefficient (Wildman–Crippen LogP) is 0.658. The number of carboxylic acids is 1. The van der Waals surface area contributed by atoms with Crippen LogP contribution < -0.4 is 4.90 Å². The molecule has 0 spiro atoms. The molecule has 1 N–H and O–H groups in total. The fraction of sp³-hybridized carbons (Fsp3) is 0.300. The second-order valence-corrected chi connectivity index (χ2v) is 3.58. The Bertz CT molecular complexity index is 449. The fourth-order valence-corrected chi connectivity index (χ4v) is 1.68. The van der Waals surface area contributed by atoms with Crippen molar-refractivity contribution in [3.05, 3.63) is 24.3 Å². The van der Waals surface area contributed by atoms with Gasteiger partial charge in [0, 0.05) is 30.9 Å². The first-order valence-corrected chi connectivity index (χ1v) is 4.72. The summed E-state index contributed by atoms with van der Waals surface area (Å²) in [7, 11) is 0. The number of pyridine rings is 1. The average Bonchev–Trinajstić information content (AvgIpc) is 2.60. The number of carbonyl (C=O) groups excluding carboxylic acids is 1. The van der Waals surface area contributed by atoms with Crippen LogP contribution in [0.4, 0.5) is 10.1 Å². The third-order valence-electron chi connectivity index (χ3n) is 2.50. The number of rotatable bonds is 2. The van der Waals surface area contributed by atoms with Crippen molar-refractivity contribution in [2.24, 2.45) is 5.92 Å². The third-order valence-corrected chi connectivity index (χ3v) is 2.50. The Morgan fingerprint density at radius 2 is 2.38 bits per heavy atom. The van der Waals surface area contributed by atoms with Crippen LogP contribution in [0.15, 0.2) is 18.3 Å². The normalized spacial score (nSPS) is 20.2. The van der Waals surface area contributed by atoms with Crippen LogP contribution in [0.3, 0.4) is 0 Å². The van der Waals surface area contributed by atoms with Gasteiger partial charge in [0.15, 0.2) is 0 Å². The van der Waals surface area contributed by atoms with Gasteiger partial charge in [-0.2, -0.15) is 4.39 Å². The highest BCUT2D eigenvalue weighted by atomic mass is 19.1. The molecule has 5 nitrogen and oxygen atoms in total. The lowest BCUT2D eigenvalue weighted by Crippen LogP contribution is -2.25. The summed E-state index contributed by atoms with van der Waals surface area (Å²) in [5.74, 6) is -2.73. The largest absolute Gasteiger partial charge is 0.481 e. The summed E-state index contributed by atoms with van der Waals surface area (Å²) in [6.45, 7) is 0.0810. The Kier molecular flexibility index (Phi) is 2.55. The number of hydrogen-bond donors (Lipinski definition) is 1. The zero-order valence-corrected chi connectivity index (χ0v) is 8.26. The van der Waals surface area contributed by atoms with Gasteiger partial charge in [0.1, 0.15) is 0 Å². The van der Waals surface area contributed by atoms with Gasteiger partial charge in [-0.25, -0.2) is 4.98 Å². The van der Waals surface area contributed by atoms with Crippen LogP contribution in [-0.4, -0.2) is 28.5 Å². The van der Waals surface area contributed by atoms with E-state index >= 15 is 0 Å². The Balaban J connectivity index is 2.23. The van der Waals surface area contributed by atoms with Crippen molar-refractivity contribution in [3.63, 3.8) is 0 Å². The van der Waals surface area contributed by atoms with Gasteiger partial charge in [0.2, 0.25) is 11.9 Å². The molecule has 6 heteroatoms. The molecule has 1 atom stereocenters. The molecule has 16 heavy (non-hydrogen) atoms. The minimum Gasteiger partial charge on any atom is -0.481 e. The van der Waals surface area contributed by atoms with Crippen LogP contribution in [0.2, 0.25) is 0 Å². The molecule has 1 saturated heterocycles. The lowest BCUT2D eigenvalue weighted by Gasteiger charge is -2.15. The quantitative estimate of drug-likeness (QED) is 0.749. The van der Waals surface area contributed by atoms with Gasteiger partial charge in [-0.3, -0.25) is 9.59 Å². The Morgan fingerprint density at radius 1 is 1.62 bits per heavy atom. The topological polar surface area (TPSA) is 70.5 Å². The Hall–Kier alpha value is -1.98. The Morgan fingerprint density at radius 3 is 2.94 bits per heavy atom. The highest BCUT2D eigenvalue weighted by Crippen LogP contribution is 2.24. The van der Waals surface area contributed by atoms with Crippen molar-refractivity contribution < 1.29 is 19.1 Å². The van der Waals surface area contributed by atoms with Crippen LogP contribution in [0.5, 0.6) is 0 Å². The van der Waals surface area contributed by atoms with Crippen molar-refractivity contribution in [1.29, 1.82) is 0 Å². The van der Waals surface area contributed by atoms with Crippen LogP contribution in [0.25, 0.3) is 0 Å². The number of anilines is 1. The molecule has 0 aliphatic carbocycles. The molecule has 1 fully saturated rings. The number of hydrogen-bond acceptors (Lipinski definition) is 3. The maximum atomic E-state index is 12.8. The second-order valence-electron chi connectivity index (χ2n) is 3.58. The molecule has 2 heterocycles. The minimum absolute atomic E-state index is 0.0424. The van der Waals surface area contributed by atoms with Crippen molar-refractivity contribution in [2.45, 2.75) is 6.42 Å². The van der Waals surface area contributed by atoms with Gasteiger partial charge in [0.25, 0.3) is 0 Å². The van der Waals surface area contributed by atoms with Gasteiger partial charge in [-0.05, 0) is 6.07 Å². The van der Waals surface area contributed by atoms with Crippen LogP contribution in [0.1, 0.15) is 6.42 Å². The van der Waals surface area contributed by atoms with Crippen molar-refractivity contribution in [3.8, 4) is 0 Å². The van der Waals surface area contributed by atoms with E-state index in [-0.39, 0.29) is 18.9 Å². The van der Waals surface area contributed by atoms with E-state index in [1.807, 2.05) is 0 Å². The van der Waals surface area contributed by atoms with E-state index in [0.29, 0.717) is 5.69 Å². The average molecular weight is 224 g/mol. The molecule has 2 rings (SSSR count). The maximum absolute atomic E-state index is 12.8. The molecule has 1 aromatic heterocycles. The molecular weight excluding hydrogens is 215 g/mol. The van der Waals surface area contributed by atoms with Crippen LogP contribution in [-0.2, 0) is 9.59 Å². The molecule has 1 aliphatic heterocycles. The van der Waals surface area contributed by atoms with Crippen molar-refractivity contribution >= 4 is 17.6 Å². The third kappa shape index (κ3) is 1.86. The summed E-state index contributed by atoms with van der Waals surface area (Å²) in [6.07, 6.45) is 1.20. The minimum atomic E-state index is -1.01. The summed E-state index contributed by atoms with van der Waals surface area (Å²) in [5.41, 5.74) is 0.348. The van der Waals surface area contributed by atoms with Crippen molar-refractivity contribution in [2.75, 3.05) is 11.4 Å². The van der Waals surface area contributed by atoms with Gasteiger partial charge in [0.05, 0.1) is 5.92 Å². The van der Waals surface area contributed by atoms with E-state index in [9.17, 15) is 14.0 Å². The SMILES string of the molecule is O=C(O)C1CC(=O)N(c2ccnc(F)c2)C1. The highest BCUT2D eigenvalue weighted by Gasteiger charge is 2.35. The van der Waals surface area contributed by atoms with E-state index in [1.165, 1.54) is 17.2 Å². The summed E-state index contributed by atoms with van der Waals surface area (Å²) in [6, 6.07) is 2.59. The molecule has 0 aromatic carbocycles. The van der Waals surface area contributed by atoms with E-state index < -0.39 is 17.8 Å². The summed E-state index contributed by atoms with van der Waals surface area (Å²) >= 11 is 0. The molecule has 84 valence electrons. The smallest absolute Gasteiger partial charge is 0.308 e. The standard InChI is InChI=1S/C10H9FN2O3/c11-8-4-7(1-2-12-8)13-5-6(10(15)16)3-9(13)14/h1-2,4,6H,3,5H2,(H,15,16). The lowest BCUT2D eigenvalue weighted by atomic mass is 10.1. The fourth-order valence-electron chi connectivity index (χ4n) is 1.68. The van der Waals surface area contributed by atoms with Crippen LogP contribution >= 0.6 is 0 Å². The highest BCUT2D eigenvalue weighted by molar-refractivity contribution is 5.99. The van der Waals surface area contributed by atoms with E-state index in [4.69, 9.17) is 5.11 Å². The summed E-state index contributed by atoms with van der Waals surface area (Å²) in [4.78, 5) is 26.9. The molecular formula is C10H9FN2O3. The molecule has 1 unspecified atom stereocenters. The maximum Gasteiger partial charge on any atom is 0.308 e. The second kappa shape index (κ2) is 3.88. The summed E-state index contributed by atoms with van der Waals surface area (Å²) in [5, 5.41) is 8.78. The molecule has 1 amide bonds. The number of halogens is 1. The number of carbonyl (C=O) groups is 2. The Labute approximate surface area is 90.5 Å². The summed E-state index contributed by atoms with van der Waals surface area (Å²) < 4.78 is 12.8. The number of amides is 1. The number of carboxylic acid groups (broad SMARTS) is 1. The lowest BCUT2D eigenvalue weighted by molar-refractivity contribution is -0.141. The first-order chi connectivity index (χ1) is 7.58. The van der Waals surface area contributed by atoms with Gasteiger partial charge in [-0.1, -0.05) is 0 Å². The van der Waals surface area contributed by atoms with E-state index in [0.717, 1.165) is 6.07 Å². The molecule has 0 radical (unpaired) electrons. The first-order valence-electron chi connectivity index (χ1n) is 4.72. The van der Waals surface area contributed by atoms with Gasteiger partial charge >= 0.3 is 5.97 Å². The zero-order valence-electron chi connectivity index (χ0n) is 8.26. The molecule has 0 saturated carbocycles.